The lowest BCUT2D eigenvalue weighted by Crippen LogP contribution is -2.14. The molecule has 0 radical (unpaired) electrons. The zero-order chi connectivity index (χ0) is 25.3. The van der Waals surface area contributed by atoms with Crippen LogP contribution < -0.4 is 10.1 Å². The molecule has 9 heteroatoms. The van der Waals surface area contributed by atoms with Crippen LogP contribution >= 0.6 is 23.1 Å². The number of unbranched alkanes of at least 4 members (excludes halogenated alkanes) is 1. The highest BCUT2D eigenvalue weighted by molar-refractivity contribution is 7.99. The fourth-order valence-corrected chi connectivity index (χ4v) is 4.89. The number of hydrogen-bond acceptors (Lipinski definition) is 7. The molecule has 0 saturated heterocycles. The molecule has 1 amide bonds. The van der Waals surface area contributed by atoms with Gasteiger partial charge in [0, 0.05) is 23.1 Å². The maximum Gasteiger partial charge on any atom is 0.236 e. The van der Waals surface area contributed by atoms with Crippen LogP contribution in [0, 0.1) is 6.92 Å². The summed E-state index contributed by atoms with van der Waals surface area (Å²) in [7, 11) is 0. The van der Waals surface area contributed by atoms with Crippen molar-refractivity contribution in [2.45, 2.75) is 38.4 Å². The Hall–Kier alpha value is -3.43. The summed E-state index contributed by atoms with van der Waals surface area (Å²) in [5.74, 6) is 1.61. The maximum absolute atomic E-state index is 12.6. The average Bonchev–Trinajstić information content (AvgIpc) is 3.51. The maximum atomic E-state index is 12.6. The lowest BCUT2D eigenvalue weighted by Gasteiger charge is -2.09. The highest BCUT2D eigenvalue weighted by Crippen LogP contribution is 2.27. The van der Waals surface area contributed by atoms with Gasteiger partial charge in [0.05, 0.1) is 18.1 Å². The van der Waals surface area contributed by atoms with Gasteiger partial charge in [0.15, 0.2) is 16.1 Å². The molecule has 4 aromatic rings. The molecule has 0 aliphatic carbocycles. The molecule has 0 fully saturated rings. The van der Waals surface area contributed by atoms with Crippen LogP contribution in [0.25, 0.3) is 22.6 Å². The number of anilines is 1. The highest BCUT2D eigenvalue weighted by Gasteiger charge is 2.16. The lowest BCUT2D eigenvalue weighted by molar-refractivity contribution is -0.113. The number of aromatic nitrogens is 4. The topological polar surface area (TPSA) is 81.9 Å². The summed E-state index contributed by atoms with van der Waals surface area (Å²) in [6.07, 6.45) is 3.92. The van der Waals surface area contributed by atoms with Crippen molar-refractivity contribution >= 4 is 34.1 Å². The number of ether oxygens (including phenoxy) is 1. The van der Waals surface area contributed by atoms with Crippen molar-refractivity contribution in [3.05, 3.63) is 72.1 Å². The molecule has 0 saturated carbocycles. The minimum absolute atomic E-state index is 0.145. The third-order valence-corrected chi connectivity index (χ3v) is 7.06. The van der Waals surface area contributed by atoms with Crippen LogP contribution in [-0.4, -0.2) is 38.0 Å². The molecular weight excluding hydrogens is 490 g/mol. The number of carbonyl (C=O) groups excluding carboxylic acids is 1. The van der Waals surface area contributed by atoms with E-state index in [1.807, 2.05) is 65.4 Å². The summed E-state index contributed by atoms with van der Waals surface area (Å²) in [5, 5.41) is 14.8. The Morgan fingerprint density at radius 2 is 1.89 bits per heavy atom. The van der Waals surface area contributed by atoms with Gasteiger partial charge in [-0.15, -0.1) is 28.1 Å². The smallest absolute Gasteiger partial charge is 0.236 e. The minimum Gasteiger partial charge on any atom is -0.494 e. The Morgan fingerprint density at radius 3 is 2.61 bits per heavy atom. The second-order valence-corrected chi connectivity index (χ2v) is 9.97. The van der Waals surface area contributed by atoms with E-state index >= 15 is 0 Å². The summed E-state index contributed by atoms with van der Waals surface area (Å²) in [4.78, 5) is 17.2. The molecule has 0 aliphatic heterocycles. The van der Waals surface area contributed by atoms with Gasteiger partial charge >= 0.3 is 0 Å². The number of thioether (sulfide) groups is 1. The van der Waals surface area contributed by atoms with Gasteiger partial charge < -0.3 is 10.1 Å². The molecule has 2 aromatic heterocycles. The van der Waals surface area contributed by atoms with Gasteiger partial charge in [-0.1, -0.05) is 61.0 Å². The van der Waals surface area contributed by atoms with Gasteiger partial charge in [-0.05, 0) is 37.6 Å². The number of allylic oxidation sites excluding steroid dienone is 1. The minimum atomic E-state index is -0.145. The summed E-state index contributed by atoms with van der Waals surface area (Å²) < 4.78 is 7.71. The van der Waals surface area contributed by atoms with Crippen molar-refractivity contribution in [1.29, 1.82) is 0 Å². The van der Waals surface area contributed by atoms with E-state index in [4.69, 9.17) is 4.74 Å². The molecule has 1 N–H and O–H groups in total. The van der Waals surface area contributed by atoms with E-state index in [2.05, 4.69) is 34.0 Å². The first-order chi connectivity index (χ1) is 17.6. The predicted octanol–water partition coefficient (Wildman–Crippen LogP) is 6.47. The monoisotopic (exact) mass is 519 g/mol. The molecule has 2 aromatic carbocycles. The van der Waals surface area contributed by atoms with Gasteiger partial charge in [0.1, 0.15) is 5.75 Å². The summed E-state index contributed by atoms with van der Waals surface area (Å²) in [6, 6.07) is 16.0. The molecule has 0 spiro atoms. The van der Waals surface area contributed by atoms with Crippen LogP contribution in [0.4, 0.5) is 5.13 Å². The SMILES string of the molecule is C=CCn1c(SCC(=O)Nc2nc(-c3ccc(C)cc3)cs2)nnc1-c1ccc(OCCCC)cc1. The fourth-order valence-electron chi connectivity index (χ4n) is 3.41. The van der Waals surface area contributed by atoms with Crippen molar-refractivity contribution in [2.75, 3.05) is 17.7 Å². The average molecular weight is 520 g/mol. The Bertz CT molecular complexity index is 1300. The lowest BCUT2D eigenvalue weighted by atomic mass is 10.1. The molecule has 186 valence electrons. The second kappa shape index (κ2) is 12.5. The Kier molecular flexibility index (Phi) is 8.91. The summed E-state index contributed by atoms with van der Waals surface area (Å²) in [6.45, 7) is 9.29. The third kappa shape index (κ3) is 6.61. The number of carbonyl (C=O) groups is 1. The molecule has 7 nitrogen and oxygen atoms in total. The normalized spacial score (nSPS) is 10.8. The van der Waals surface area contributed by atoms with Gasteiger partial charge in [-0.3, -0.25) is 9.36 Å². The number of amides is 1. The summed E-state index contributed by atoms with van der Waals surface area (Å²) in [5.41, 5.74) is 3.99. The van der Waals surface area contributed by atoms with Gasteiger partial charge in [-0.25, -0.2) is 4.98 Å². The number of nitrogens with one attached hydrogen (secondary N) is 1. The molecule has 0 bridgehead atoms. The first-order valence-electron chi connectivity index (χ1n) is 11.8. The molecule has 4 rings (SSSR count). The first-order valence-corrected chi connectivity index (χ1v) is 13.7. The van der Waals surface area contributed by atoms with E-state index in [1.165, 1.54) is 28.7 Å². The van der Waals surface area contributed by atoms with E-state index < -0.39 is 0 Å². The zero-order valence-electron chi connectivity index (χ0n) is 20.4. The van der Waals surface area contributed by atoms with Crippen molar-refractivity contribution in [3.63, 3.8) is 0 Å². The molecule has 2 heterocycles. The van der Waals surface area contributed by atoms with E-state index in [1.54, 1.807) is 6.08 Å². The fraction of sp³-hybridized carbons (Fsp3) is 0.259. The van der Waals surface area contributed by atoms with Crippen molar-refractivity contribution in [1.82, 2.24) is 19.7 Å². The van der Waals surface area contributed by atoms with E-state index in [0.717, 1.165) is 41.2 Å². The van der Waals surface area contributed by atoms with Crippen LogP contribution in [-0.2, 0) is 11.3 Å². The Labute approximate surface area is 219 Å². The molecular formula is C27H29N5O2S2. The van der Waals surface area contributed by atoms with Crippen LogP contribution in [0.2, 0.25) is 0 Å². The van der Waals surface area contributed by atoms with Gasteiger partial charge in [-0.2, -0.15) is 0 Å². The van der Waals surface area contributed by atoms with Gasteiger partial charge in [0.25, 0.3) is 0 Å². The summed E-state index contributed by atoms with van der Waals surface area (Å²) >= 11 is 2.74. The molecule has 0 atom stereocenters. The predicted molar refractivity (Wildman–Crippen MR) is 148 cm³/mol. The Morgan fingerprint density at radius 1 is 1.14 bits per heavy atom. The molecule has 36 heavy (non-hydrogen) atoms. The largest absolute Gasteiger partial charge is 0.494 e. The zero-order valence-corrected chi connectivity index (χ0v) is 22.1. The third-order valence-electron chi connectivity index (χ3n) is 5.34. The number of nitrogens with zero attached hydrogens (tertiary/aromatic N) is 4. The number of thiazole rings is 1. The van der Waals surface area contributed by atoms with E-state index in [-0.39, 0.29) is 11.7 Å². The van der Waals surface area contributed by atoms with Crippen molar-refractivity contribution < 1.29 is 9.53 Å². The van der Waals surface area contributed by atoms with Crippen LogP contribution in [0.1, 0.15) is 25.3 Å². The van der Waals surface area contributed by atoms with E-state index in [9.17, 15) is 4.79 Å². The van der Waals surface area contributed by atoms with Crippen LogP contribution in [0.15, 0.2) is 71.7 Å². The van der Waals surface area contributed by atoms with Gasteiger partial charge in [0.2, 0.25) is 5.91 Å². The quantitative estimate of drug-likeness (QED) is 0.131. The van der Waals surface area contributed by atoms with Crippen molar-refractivity contribution in [3.8, 4) is 28.4 Å². The number of rotatable bonds is 12. The highest BCUT2D eigenvalue weighted by atomic mass is 32.2. The van der Waals surface area contributed by atoms with E-state index in [0.29, 0.717) is 23.4 Å². The first kappa shape index (κ1) is 25.7. The standard InChI is InChI=1S/C27H29N5O2S2/c1-4-6-16-34-22-13-11-21(12-14-22)25-30-31-27(32(25)15-5-2)36-18-24(33)29-26-28-23(17-35-26)20-9-7-19(3)8-10-20/h5,7-14,17H,2,4,6,15-16,18H2,1,3H3,(H,28,29,33). The Balaban J connectivity index is 1.38. The van der Waals surface area contributed by atoms with Crippen LogP contribution in [0.3, 0.4) is 0 Å². The number of benzene rings is 2. The van der Waals surface area contributed by atoms with Crippen molar-refractivity contribution in [2.24, 2.45) is 0 Å². The second-order valence-electron chi connectivity index (χ2n) is 8.17. The number of aryl methyl sites for hydroxylation is 1. The number of hydrogen-bond donors (Lipinski definition) is 1. The molecule has 0 aliphatic rings. The molecule has 0 unspecified atom stereocenters. The van der Waals surface area contributed by atoms with Crippen LogP contribution in [0.5, 0.6) is 5.75 Å².